The zero-order valence-electron chi connectivity index (χ0n) is 9.87. The summed E-state index contributed by atoms with van der Waals surface area (Å²) in [7, 11) is 0. The molecule has 86 valence electrons. The van der Waals surface area contributed by atoms with Crippen molar-refractivity contribution in [1.29, 1.82) is 0 Å². The van der Waals surface area contributed by atoms with Gasteiger partial charge in [-0.1, -0.05) is 46.5 Å². The van der Waals surface area contributed by atoms with Crippen molar-refractivity contribution in [3.05, 3.63) is 0 Å². The van der Waals surface area contributed by atoms with E-state index < -0.39 is 6.10 Å². The molecule has 14 heavy (non-hydrogen) atoms. The van der Waals surface area contributed by atoms with Crippen LogP contribution in [0.4, 0.5) is 0 Å². The lowest BCUT2D eigenvalue weighted by Gasteiger charge is -2.20. The molecular formula is C12H26O2. The van der Waals surface area contributed by atoms with Crippen LogP contribution in [0.25, 0.3) is 0 Å². The van der Waals surface area contributed by atoms with Gasteiger partial charge in [-0.05, 0) is 18.3 Å². The molecule has 0 aliphatic carbocycles. The fraction of sp³-hybridized carbons (Fsp3) is 1.00. The third-order valence-electron chi connectivity index (χ3n) is 3.22. The molecule has 0 saturated carbocycles. The predicted octanol–water partition coefficient (Wildman–Crippen LogP) is 2.58. The predicted molar refractivity (Wildman–Crippen MR) is 60.2 cm³/mol. The van der Waals surface area contributed by atoms with Crippen LogP contribution in [-0.2, 0) is 0 Å². The molecule has 2 N–H and O–H groups in total. The molecule has 0 aliphatic heterocycles. The molecule has 0 bridgehead atoms. The first-order valence-electron chi connectivity index (χ1n) is 5.94. The summed E-state index contributed by atoms with van der Waals surface area (Å²) in [6, 6.07) is 0. The minimum atomic E-state index is -0.517. The van der Waals surface area contributed by atoms with Gasteiger partial charge in [-0.25, -0.2) is 0 Å². The molecule has 3 unspecified atom stereocenters. The second-order valence-electron chi connectivity index (χ2n) is 4.36. The highest BCUT2D eigenvalue weighted by Crippen LogP contribution is 2.19. The molecule has 0 radical (unpaired) electrons. The van der Waals surface area contributed by atoms with Crippen LogP contribution in [0.3, 0.4) is 0 Å². The van der Waals surface area contributed by atoms with Gasteiger partial charge in [0.25, 0.3) is 0 Å². The van der Waals surface area contributed by atoms with Gasteiger partial charge >= 0.3 is 0 Å². The Labute approximate surface area is 88.3 Å². The highest BCUT2D eigenvalue weighted by molar-refractivity contribution is 4.67. The Morgan fingerprint density at radius 3 is 2.14 bits per heavy atom. The second kappa shape index (κ2) is 8.25. The fourth-order valence-corrected chi connectivity index (χ4v) is 1.75. The van der Waals surface area contributed by atoms with Gasteiger partial charge in [0, 0.05) is 0 Å². The van der Waals surface area contributed by atoms with Crippen molar-refractivity contribution in [2.75, 3.05) is 6.61 Å². The van der Waals surface area contributed by atoms with E-state index in [9.17, 15) is 5.11 Å². The molecule has 0 heterocycles. The molecule has 0 saturated heterocycles. The first kappa shape index (κ1) is 13.9. The molecule has 0 fully saturated rings. The van der Waals surface area contributed by atoms with Crippen molar-refractivity contribution in [1.82, 2.24) is 0 Å². The Hall–Kier alpha value is -0.0800. The van der Waals surface area contributed by atoms with Gasteiger partial charge in [0.15, 0.2) is 0 Å². The van der Waals surface area contributed by atoms with Crippen LogP contribution in [0.2, 0.25) is 0 Å². The van der Waals surface area contributed by atoms with Crippen LogP contribution in [-0.4, -0.2) is 22.9 Å². The van der Waals surface area contributed by atoms with Crippen molar-refractivity contribution in [2.24, 2.45) is 11.8 Å². The van der Waals surface area contributed by atoms with Crippen LogP contribution in [0, 0.1) is 11.8 Å². The van der Waals surface area contributed by atoms with E-state index in [1.165, 1.54) is 19.3 Å². The third-order valence-corrected chi connectivity index (χ3v) is 3.22. The van der Waals surface area contributed by atoms with Crippen LogP contribution in [0.15, 0.2) is 0 Å². The zero-order chi connectivity index (χ0) is 11.0. The van der Waals surface area contributed by atoms with Gasteiger partial charge in [0.05, 0.1) is 12.7 Å². The Morgan fingerprint density at radius 2 is 1.71 bits per heavy atom. The van der Waals surface area contributed by atoms with E-state index in [0.717, 1.165) is 18.8 Å². The van der Waals surface area contributed by atoms with Crippen LogP contribution in [0.5, 0.6) is 0 Å². The Kier molecular flexibility index (Phi) is 8.20. The molecule has 0 amide bonds. The third kappa shape index (κ3) is 5.61. The molecular weight excluding hydrogens is 176 g/mol. The first-order chi connectivity index (χ1) is 6.65. The highest BCUT2D eigenvalue weighted by Gasteiger charge is 2.15. The maximum absolute atomic E-state index is 9.49. The summed E-state index contributed by atoms with van der Waals surface area (Å²) < 4.78 is 0. The van der Waals surface area contributed by atoms with Crippen molar-refractivity contribution in [2.45, 2.75) is 59.0 Å². The zero-order valence-corrected chi connectivity index (χ0v) is 9.87. The molecule has 0 aromatic heterocycles. The molecule has 0 aromatic rings. The number of aliphatic hydroxyl groups is 2. The van der Waals surface area contributed by atoms with E-state index in [0.29, 0.717) is 0 Å². The monoisotopic (exact) mass is 202 g/mol. The van der Waals surface area contributed by atoms with E-state index in [-0.39, 0.29) is 12.5 Å². The average molecular weight is 202 g/mol. The lowest BCUT2D eigenvalue weighted by Crippen LogP contribution is -2.23. The van der Waals surface area contributed by atoms with E-state index in [1.54, 1.807) is 0 Å². The van der Waals surface area contributed by atoms with Gasteiger partial charge in [-0.15, -0.1) is 0 Å². The van der Waals surface area contributed by atoms with E-state index in [1.807, 2.05) is 0 Å². The largest absolute Gasteiger partial charge is 0.394 e. The Morgan fingerprint density at radius 1 is 1.07 bits per heavy atom. The summed E-state index contributed by atoms with van der Waals surface area (Å²) in [5.74, 6) is 1.07. The van der Waals surface area contributed by atoms with Gasteiger partial charge in [-0.2, -0.15) is 0 Å². The molecule has 2 heteroatoms. The number of aliphatic hydroxyl groups excluding tert-OH is 2. The lowest BCUT2D eigenvalue weighted by molar-refractivity contribution is 0.0408. The van der Waals surface area contributed by atoms with Crippen molar-refractivity contribution < 1.29 is 10.2 Å². The lowest BCUT2D eigenvalue weighted by atomic mass is 9.91. The van der Waals surface area contributed by atoms with E-state index in [2.05, 4.69) is 20.8 Å². The van der Waals surface area contributed by atoms with Crippen molar-refractivity contribution in [3.63, 3.8) is 0 Å². The summed E-state index contributed by atoms with van der Waals surface area (Å²) in [5.41, 5.74) is 0. The highest BCUT2D eigenvalue weighted by atomic mass is 16.3. The minimum Gasteiger partial charge on any atom is -0.394 e. The van der Waals surface area contributed by atoms with Crippen molar-refractivity contribution >= 4 is 0 Å². The molecule has 3 atom stereocenters. The maximum atomic E-state index is 9.49. The minimum absolute atomic E-state index is 0.0954. The van der Waals surface area contributed by atoms with Gasteiger partial charge < -0.3 is 10.2 Å². The van der Waals surface area contributed by atoms with Gasteiger partial charge in [-0.3, -0.25) is 0 Å². The van der Waals surface area contributed by atoms with Crippen LogP contribution in [0.1, 0.15) is 52.9 Å². The fourth-order valence-electron chi connectivity index (χ4n) is 1.75. The van der Waals surface area contributed by atoms with Crippen LogP contribution >= 0.6 is 0 Å². The molecule has 0 aromatic carbocycles. The molecule has 0 spiro atoms. The Bertz CT molecular complexity index is 125. The van der Waals surface area contributed by atoms with E-state index >= 15 is 0 Å². The summed E-state index contributed by atoms with van der Waals surface area (Å²) >= 11 is 0. The summed E-state index contributed by atoms with van der Waals surface area (Å²) in [6.07, 6.45) is 5.14. The summed E-state index contributed by atoms with van der Waals surface area (Å²) in [6.45, 7) is 6.46. The topological polar surface area (TPSA) is 40.5 Å². The number of rotatable bonds is 8. The van der Waals surface area contributed by atoms with Crippen LogP contribution < -0.4 is 0 Å². The number of hydrogen-bond acceptors (Lipinski definition) is 2. The number of hydrogen-bond donors (Lipinski definition) is 2. The summed E-state index contributed by atoms with van der Waals surface area (Å²) in [4.78, 5) is 0. The standard InChI is InChI=1S/C12H26O2/c1-4-10(3)7-6-8-11(5-2)12(14)9-13/h10-14H,4-9H2,1-3H3. The van der Waals surface area contributed by atoms with Gasteiger partial charge in [0.1, 0.15) is 0 Å². The molecule has 0 rings (SSSR count). The summed E-state index contributed by atoms with van der Waals surface area (Å²) in [5, 5.41) is 18.3. The van der Waals surface area contributed by atoms with Gasteiger partial charge in [0.2, 0.25) is 0 Å². The molecule has 2 nitrogen and oxygen atoms in total. The normalized spacial score (nSPS) is 17.8. The average Bonchev–Trinajstić information content (AvgIpc) is 2.22. The quantitative estimate of drug-likeness (QED) is 0.635. The SMILES string of the molecule is CCC(C)CCCC(CC)C(O)CO. The Balaban J connectivity index is 3.62. The molecule has 0 aliphatic rings. The first-order valence-corrected chi connectivity index (χ1v) is 5.94. The maximum Gasteiger partial charge on any atom is 0.0798 e. The smallest absolute Gasteiger partial charge is 0.0798 e. The van der Waals surface area contributed by atoms with Crippen molar-refractivity contribution in [3.8, 4) is 0 Å². The van der Waals surface area contributed by atoms with E-state index in [4.69, 9.17) is 5.11 Å². The second-order valence-corrected chi connectivity index (χ2v) is 4.36.